The Morgan fingerprint density at radius 2 is 2.00 bits per heavy atom. The third kappa shape index (κ3) is 3.02. The quantitative estimate of drug-likeness (QED) is 0.909. The van der Waals surface area contributed by atoms with E-state index in [-0.39, 0.29) is 5.82 Å². The number of ether oxygens (including phenoxy) is 1. The largest absolute Gasteiger partial charge is 0.494 e. The van der Waals surface area contributed by atoms with Crippen LogP contribution in [0.3, 0.4) is 0 Å². The van der Waals surface area contributed by atoms with Crippen molar-refractivity contribution in [2.24, 2.45) is 0 Å². The molecule has 1 aromatic heterocycles. The molecule has 2 rings (SSSR count). The molecule has 0 saturated heterocycles. The van der Waals surface area contributed by atoms with E-state index in [4.69, 9.17) is 4.74 Å². The topological polar surface area (TPSA) is 34.1 Å². The fourth-order valence-electron chi connectivity index (χ4n) is 1.92. The van der Waals surface area contributed by atoms with Crippen LogP contribution < -0.4 is 10.1 Å². The lowest BCUT2D eigenvalue weighted by Crippen LogP contribution is -2.10. The molecule has 1 N–H and O–H groups in total. The van der Waals surface area contributed by atoms with E-state index in [1.807, 2.05) is 18.2 Å². The monoisotopic (exact) mass is 260 g/mol. The van der Waals surface area contributed by atoms with Gasteiger partial charge in [-0.1, -0.05) is 6.07 Å². The van der Waals surface area contributed by atoms with Crippen molar-refractivity contribution in [2.75, 3.05) is 12.4 Å². The fraction of sp³-hybridized carbons (Fsp3) is 0.267. The van der Waals surface area contributed by atoms with Gasteiger partial charge in [0.15, 0.2) is 5.75 Å². The molecule has 0 saturated carbocycles. The average molecular weight is 260 g/mol. The Kier molecular flexibility index (Phi) is 4.00. The van der Waals surface area contributed by atoms with E-state index in [1.54, 1.807) is 13.2 Å². The highest BCUT2D eigenvalue weighted by Crippen LogP contribution is 2.35. The lowest BCUT2D eigenvalue weighted by molar-refractivity contribution is 0.417. The van der Waals surface area contributed by atoms with E-state index < -0.39 is 0 Å². The number of anilines is 1. The van der Waals surface area contributed by atoms with Gasteiger partial charge < -0.3 is 10.1 Å². The summed E-state index contributed by atoms with van der Waals surface area (Å²) < 4.78 is 18.4. The van der Waals surface area contributed by atoms with Gasteiger partial charge in [-0.2, -0.15) is 0 Å². The van der Waals surface area contributed by atoms with Crippen LogP contribution >= 0.6 is 0 Å². The molecule has 19 heavy (non-hydrogen) atoms. The van der Waals surface area contributed by atoms with Gasteiger partial charge in [0.1, 0.15) is 5.82 Å². The van der Waals surface area contributed by atoms with Crippen LogP contribution in [0.4, 0.5) is 10.1 Å². The molecule has 0 fully saturated rings. The maximum absolute atomic E-state index is 12.9. The molecule has 2 aromatic rings. The van der Waals surface area contributed by atoms with Crippen molar-refractivity contribution in [2.45, 2.75) is 19.9 Å². The number of halogens is 1. The zero-order valence-electron chi connectivity index (χ0n) is 11.3. The van der Waals surface area contributed by atoms with E-state index in [0.717, 1.165) is 17.0 Å². The first-order chi connectivity index (χ1) is 9.11. The summed E-state index contributed by atoms with van der Waals surface area (Å²) in [5.41, 5.74) is 2.43. The zero-order chi connectivity index (χ0) is 13.8. The molecule has 100 valence electrons. The van der Waals surface area contributed by atoms with Crippen molar-refractivity contribution in [1.29, 1.82) is 0 Å². The van der Waals surface area contributed by atoms with E-state index in [2.05, 4.69) is 24.1 Å². The smallest absolute Gasteiger partial charge is 0.151 e. The number of para-hydroxylation sites is 1. The van der Waals surface area contributed by atoms with Crippen molar-refractivity contribution >= 4 is 5.69 Å². The van der Waals surface area contributed by atoms with Crippen molar-refractivity contribution in [3.8, 4) is 17.0 Å². The fourth-order valence-corrected chi connectivity index (χ4v) is 1.92. The number of pyridine rings is 1. The predicted molar refractivity (Wildman–Crippen MR) is 74.9 cm³/mol. The summed E-state index contributed by atoms with van der Waals surface area (Å²) in [6.07, 6.45) is 1.21. The second kappa shape index (κ2) is 5.69. The Morgan fingerprint density at radius 3 is 2.58 bits per heavy atom. The van der Waals surface area contributed by atoms with Gasteiger partial charge in [0, 0.05) is 11.6 Å². The first kappa shape index (κ1) is 13.3. The summed E-state index contributed by atoms with van der Waals surface area (Å²) in [5, 5.41) is 3.32. The van der Waals surface area contributed by atoms with Crippen LogP contribution in [-0.4, -0.2) is 18.1 Å². The lowest BCUT2D eigenvalue weighted by Gasteiger charge is -2.16. The van der Waals surface area contributed by atoms with E-state index >= 15 is 0 Å². The summed E-state index contributed by atoms with van der Waals surface area (Å²) in [6.45, 7) is 4.12. The Balaban J connectivity index is 2.48. The van der Waals surface area contributed by atoms with Crippen LogP contribution in [0.5, 0.6) is 5.75 Å². The molecule has 0 unspecified atom stereocenters. The highest BCUT2D eigenvalue weighted by Gasteiger charge is 2.12. The van der Waals surface area contributed by atoms with Crippen LogP contribution in [-0.2, 0) is 0 Å². The number of methoxy groups -OCH3 is 1. The van der Waals surface area contributed by atoms with Gasteiger partial charge in [0.2, 0.25) is 0 Å². The number of hydrogen-bond donors (Lipinski definition) is 1. The number of benzene rings is 1. The predicted octanol–water partition coefficient (Wildman–Crippen LogP) is 3.72. The molecule has 0 aliphatic carbocycles. The third-order valence-corrected chi connectivity index (χ3v) is 2.67. The summed E-state index contributed by atoms with van der Waals surface area (Å²) in [4.78, 5) is 4.09. The summed E-state index contributed by atoms with van der Waals surface area (Å²) >= 11 is 0. The Hall–Kier alpha value is -2.10. The van der Waals surface area contributed by atoms with Gasteiger partial charge in [-0.05, 0) is 38.1 Å². The third-order valence-electron chi connectivity index (χ3n) is 2.67. The number of hydrogen-bond acceptors (Lipinski definition) is 3. The number of nitrogens with zero attached hydrogens (tertiary/aromatic N) is 1. The molecule has 0 spiro atoms. The SMILES string of the molecule is COc1c(NC(C)C)cccc1-c1ccc(F)cn1. The number of rotatable bonds is 4. The Bertz CT molecular complexity index is 553. The Morgan fingerprint density at radius 1 is 1.21 bits per heavy atom. The van der Waals surface area contributed by atoms with Crippen LogP contribution in [0.2, 0.25) is 0 Å². The van der Waals surface area contributed by atoms with E-state index in [1.165, 1.54) is 12.3 Å². The molecule has 0 radical (unpaired) electrons. The molecule has 0 amide bonds. The van der Waals surface area contributed by atoms with Crippen LogP contribution in [0.1, 0.15) is 13.8 Å². The minimum absolute atomic E-state index is 0.297. The highest BCUT2D eigenvalue weighted by molar-refractivity contribution is 5.76. The molecule has 0 bridgehead atoms. The van der Waals surface area contributed by atoms with E-state index in [0.29, 0.717) is 11.7 Å². The maximum Gasteiger partial charge on any atom is 0.151 e. The maximum atomic E-state index is 12.9. The van der Waals surface area contributed by atoms with Gasteiger partial charge >= 0.3 is 0 Å². The Labute approximate surface area is 112 Å². The number of nitrogens with one attached hydrogen (secondary N) is 1. The lowest BCUT2D eigenvalue weighted by atomic mass is 10.1. The first-order valence-corrected chi connectivity index (χ1v) is 6.17. The zero-order valence-corrected chi connectivity index (χ0v) is 11.3. The molecule has 0 aliphatic rings. The van der Waals surface area contributed by atoms with Gasteiger partial charge in [-0.15, -0.1) is 0 Å². The molecule has 3 nitrogen and oxygen atoms in total. The van der Waals surface area contributed by atoms with Crippen molar-refractivity contribution in [1.82, 2.24) is 4.98 Å². The minimum atomic E-state index is -0.348. The summed E-state index contributed by atoms with van der Waals surface area (Å²) in [7, 11) is 1.62. The molecule has 1 heterocycles. The molecular formula is C15H17FN2O. The van der Waals surface area contributed by atoms with Gasteiger partial charge in [-0.3, -0.25) is 4.98 Å². The van der Waals surface area contributed by atoms with E-state index in [9.17, 15) is 4.39 Å². The molecule has 1 aromatic carbocycles. The first-order valence-electron chi connectivity index (χ1n) is 6.17. The number of aromatic nitrogens is 1. The average Bonchev–Trinajstić information content (AvgIpc) is 2.38. The van der Waals surface area contributed by atoms with Crippen molar-refractivity contribution in [3.63, 3.8) is 0 Å². The molecule has 0 aliphatic heterocycles. The molecule has 4 heteroatoms. The van der Waals surface area contributed by atoms with Gasteiger partial charge in [0.25, 0.3) is 0 Å². The molecule has 0 atom stereocenters. The second-order valence-electron chi connectivity index (χ2n) is 4.55. The summed E-state index contributed by atoms with van der Waals surface area (Å²) in [6, 6.07) is 9.12. The summed E-state index contributed by atoms with van der Waals surface area (Å²) in [5.74, 6) is 0.370. The van der Waals surface area contributed by atoms with Crippen LogP contribution in [0.25, 0.3) is 11.3 Å². The van der Waals surface area contributed by atoms with Gasteiger partial charge in [-0.25, -0.2) is 4.39 Å². The standard InChI is InChI=1S/C15H17FN2O/c1-10(2)18-14-6-4-5-12(15(14)19-3)13-8-7-11(16)9-17-13/h4-10,18H,1-3H3. The van der Waals surface area contributed by atoms with Crippen LogP contribution in [0, 0.1) is 5.82 Å². The van der Waals surface area contributed by atoms with Crippen molar-refractivity contribution < 1.29 is 9.13 Å². The highest BCUT2D eigenvalue weighted by atomic mass is 19.1. The second-order valence-corrected chi connectivity index (χ2v) is 4.55. The van der Waals surface area contributed by atoms with Gasteiger partial charge in [0.05, 0.1) is 24.7 Å². The normalized spacial score (nSPS) is 10.6. The minimum Gasteiger partial charge on any atom is -0.494 e. The molecular weight excluding hydrogens is 243 g/mol. The van der Waals surface area contributed by atoms with Crippen molar-refractivity contribution in [3.05, 3.63) is 42.3 Å². The van der Waals surface area contributed by atoms with Crippen LogP contribution in [0.15, 0.2) is 36.5 Å².